The first-order valence-electron chi connectivity index (χ1n) is 6.70. The van der Waals surface area contributed by atoms with Gasteiger partial charge in [-0.25, -0.2) is 0 Å². The molecule has 3 nitrogen and oxygen atoms in total. The van der Waals surface area contributed by atoms with Crippen molar-refractivity contribution in [2.75, 3.05) is 19.8 Å². The van der Waals surface area contributed by atoms with Gasteiger partial charge < -0.3 is 14.6 Å². The minimum atomic E-state index is -1.27. The molecule has 1 aromatic carbocycles. The van der Waals surface area contributed by atoms with E-state index in [2.05, 4.69) is 24.3 Å². The lowest BCUT2D eigenvalue weighted by atomic mass is 10.1. The molecule has 1 unspecified atom stereocenters. The lowest BCUT2D eigenvalue weighted by Gasteiger charge is -2.23. The Balaban J connectivity index is 2.80. The average molecular weight is 266 g/mol. The Morgan fingerprint density at radius 2 is 1.72 bits per heavy atom. The Hall–Kier alpha value is -0.683. The molecule has 0 fully saturated rings. The summed E-state index contributed by atoms with van der Waals surface area (Å²) in [6, 6.07) is 10.5. The highest BCUT2D eigenvalue weighted by Gasteiger charge is 2.28. The van der Waals surface area contributed by atoms with Crippen LogP contribution in [-0.2, 0) is 8.85 Å². The summed E-state index contributed by atoms with van der Waals surface area (Å²) in [4.78, 5) is 0. The van der Waals surface area contributed by atoms with E-state index in [-0.39, 0.29) is 0 Å². The molecule has 0 aliphatic heterocycles. The fraction of sp³-hybridized carbons (Fsp3) is 0.571. The van der Waals surface area contributed by atoms with Gasteiger partial charge in [0.15, 0.2) is 0 Å². The molecule has 0 aliphatic carbocycles. The predicted octanol–water partition coefficient (Wildman–Crippen LogP) is 2.61. The van der Waals surface area contributed by atoms with Crippen molar-refractivity contribution >= 4 is 9.28 Å². The number of rotatable bonds is 9. The Morgan fingerprint density at radius 1 is 1.11 bits per heavy atom. The molecule has 0 aliphatic rings. The molecule has 1 rings (SSSR count). The van der Waals surface area contributed by atoms with Crippen molar-refractivity contribution in [3.63, 3.8) is 0 Å². The minimum absolute atomic E-state index is 0.361. The molecule has 0 saturated heterocycles. The lowest BCUT2D eigenvalue weighted by molar-refractivity contribution is 0.203. The van der Waals surface area contributed by atoms with E-state index in [4.69, 9.17) is 14.6 Å². The van der Waals surface area contributed by atoms with Gasteiger partial charge in [-0.3, -0.25) is 0 Å². The smallest absolute Gasteiger partial charge is 0.392 e. The van der Waals surface area contributed by atoms with Gasteiger partial charge in [0, 0.05) is 18.8 Å². The van der Waals surface area contributed by atoms with Gasteiger partial charge in [0.2, 0.25) is 0 Å². The van der Waals surface area contributed by atoms with Gasteiger partial charge in [-0.05, 0) is 38.8 Å². The molecule has 0 spiro atoms. The Kier molecular flexibility index (Phi) is 7.92. The monoisotopic (exact) mass is 266 g/mol. The van der Waals surface area contributed by atoms with Crippen LogP contribution in [-0.4, -0.2) is 29.0 Å². The second-order valence-corrected chi connectivity index (χ2v) is 5.99. The van der Waals surface area contributed by atoms with Crippen LogP contribution in [0.15, 0.2) is 30.3 Å². The first-order chi connectivity index (χ1) is 8.83. The molecule has 0 aromatic heterocycles. The maximum Gasteiger partial charge on any atom is 0.392 e. The van der Waals surface area contributed by atoms with Crippen LogP contribution in [0.2, 0.25) is 0 Å². The van der Waals surface area contributed by atoms with E-state index >= 15 is 0 Å². The molecule has 18 heavy (non-hydrogen) atoms. The Morgan fingerprint density at radius 3 is 2.22 bits per heavy atom. The third-order valence-corrected chi connectivity index (χ3v) is 5.09. The minimum Gasteiger partial charge on any atom is -0.393 e. The van der Waals surface area contributed by atoms with Crippen LogP contribution >= 0.6 is 0 Å². The average Bonchev–Trinajstić information content (AvgIpc) is 2.41. The number of nitrogens with two attached hydrogens (primary N) is 1. The quantitative estimate of drug-likeness (QED) is 0.699. The van der Waals surface area contributed by atoms with Crippen molar-refractivity contribution in [3.05, 3.63) is 35.9 Å². The van der Waals surface area contributed by atoms with Gasteiger partial charge in [-0.15, -0.1) is 0 Å². The van der Waals surface area contributed by atoms with Gasteiger partial charge in [-0.1, -0.05) is 30.3 Å². The zero-order valence-electron chi connectivity index (χ0n) is 11.4. The third-order valence-electron chi connectivity index (χ3n) is 2.76. The van der Waals surface area contributed by atoms with Crippen molar-refractivity contribution in [2.45, 2.75) is 32.2 Å². The fourth-order valence-corrected chi connectivity index (χ4v) is 3.91. The van der Waals surface area contributed by atoms with Crippen molar-refractivity contribution in [3.8, 4) is 0 Å². The van der Waals surface area contributed by atoms with Gasteiger partial charge in [0.1, 0.15) is 0 Å². The van der Waals surface area contributed by atoms with Crippen LogP contribution in [0, 0.1) is 0 Å². The van der Waals surface area contributed by atoms with Crippen LogP contribution in [0.3, 0.4) is 0 Å². The van der Waals surface area contributed by atoms with E-state index in [9.17, 15) is 0 Å². The van der Waals surface area contributed by atoms with Gasteiger partial charge >= 0.3 is 9.28 Å². The Bertz CT molecular complexity index is 302. The zero-order chi connectivity index (χ0) is 13.2. The molecular formula is C14H24NO2Si. The standard InChI is InChI=1S/C14H24NO2Si/c1-3-16-18(17-4-2)14(11-8-12-15)13-9-6-5-7-10-13/h5-7,9-10,14H,3-4,8,11-12,15H2,1-2H3. The SMILES string of the molecule is CCO[Si](OCC)C(CCCN)c1ccccc1. The van der Waals surface area contributed by atoms with E-state index in [0.29, 0.717) is 18.8 Å². The van der Waals surface area contributed by atoms with Crippen molar-refractivity contribution in [1.29, 1.82) is 0 Å². The molecule has 0 amide bonds. The summed E-state index contributed by atoms with van der Waals surface area (Å²) in [5.74, 6) is 0. The summed E-state index contributed by atoms with van der Waals surface area (Å²) in [5.41, 5.74) is 7.30. The second kappa shape index (κ2) is 9.27. The molecule has 1 atom stereocenters. The van der Waals surface area contributed by atoms with Crippen LogP contribution in [0.5, 0.6) is 0 Å². The first-order valence-corrected chi connectivity index (χ1v) is 8.10. The number of hydrogen-bond acceptors (Lipinski definition) is 3. The summed E-state index contributed by atoms with van der Waals surface area (Å²) in [6.07, 6.45) is 2.04. The lowest BCUT2D eigenvalue weighted by Crippen LogP contribution is -2.32. The number of hydrogen-bond donors (Lipinski definition) is 1. The highest BCUT2D eigenvalue weighted by molar-refractivity contribution is 6.46. The molecule has 1 aromatic rings. The van der Waals surface area contributed by atoms with E-state index < -0.39 is 9.28 Å². The van der Waals surface area contributed by atoms with E-state index in [1.165, 1.54) is 5.56 Å². The Labute approximate surface area is 112 Å². The normalized spacial score (nSPS) is 12.9. The molecule has 2 N–H and O–H groups in total. The largest absolute Gasteiger partial charge is 0.393 e. The van der Waals surface area contributed by atoms with Crippen molar-refractivity contribution in [1.82, 2.24) is 0 Å². The third kappa shape index (κ3) is 4.90. The molecule has 0 saturated carbocycles. The fourth-order valence-electron chi connectivity index (χ4n) is 1.96. The van der Waals surface area contributed by atoms with E-state index in [0.717, 1.165) is 19.4 Å². The second-order valence-electron chi connectivity index (χ2n) is 4.08. The molecule has 4 heteroatoms. The maximum absolute atomic E-state index is 5.83. The molecule has 0 heterocycles. The molecule has 1 radical (unpaired) electrons. The predicted molar refractivity (Wildman–Crippen MR) is 76.5 cm³/mol. The van der Waals surface area contributed by atoms with Crippen LogP contribution in [0.1, 0.15) is 37.8 Å². The molecular weight excluding hydrogens is 242 g/mol. The van der Waals surface area contributed by atoms with Gasteiger partial charge in [0.05, 0.1) is 0 Å². The highest BCUT2D eigenvalue weighted by Crippen LogP contribution is 2.25. The maximum atomic E-state index is 5.83. The molecule has 101 valence electrons. The topological polar surface area (TPSA) is 44.5 Å². The van der Waals surface area contributed by atoms with Crippen LogP contribution in [0.25, 0.3) is 0 Å². The highest BCUT2D eigenvalue weighted by atomic mass is 28.3. The summed E-state index contributed by atoms with van der Waals surface area (Å²) in [6.45, 7) is 6.18. The zero-order valence-corrected chi connectivity index (χ0v) is 12.4. The van der Waals surface area contributed by atoms with E-state index in [1.807, 2.05) is 19.9 Å². The van der Waals surface area contributed by atoms with Crippen molar-refractivity contribution in [2.24, 2.45) is 5.73 Å². The van der Waals surface area contributed by atoms with E-state index in [1.54, 1.807) is 0 Å². The van der Waals surface area contributed by atoms with Gasteiger partial charge in [0.25, 0.3) is 0 Å². The summed E-state index contributed by atoms with van der Waals surface area (Å²) in [5, 5.41) is 0. The number of benzene rings is 1. The van der Waals surface area contributed by atoms with Gasteiger partial charge in [-0.2, -0.15) is 0 Å². The van der Waals surface area contributed by atoms with Crippen LogP contribution in [0.4, 0.5) is 0 Å². The van der Waals surface area contributed by atoms with Crippen LogP contribution < -0.4 is 5.73 Å². The first kappa shape index (κ1) is 15.4. The molecule has 0 bridgehead atoms. The summed E-state index contributed by atoms with van der Waals surface area (Å²) >= 11 is 0. The summed E-state index contributed by atoms with van der Waals surface area (Å²) < 4.78 is 11.7. The van der Waals surface area contributed by atoms with Crippen molar-refractivity contribution < 1.29 is 8.85 Å². The summed E-state index contributed by atoms with van der Waals surface area (Å²) in [7, 11) is -1.27.